The number of phosphoric ester groups is 2. The van der Waals surface area contributed by atoms with Crippen LogP contribution in [0.5, 0.6) is 0 Å². The van der Waals surface area contributed by atoms with Crippen LogP contribution >= 0.6 is 29.1 Å². The van der Waals surface area contributed by atoms with Crippen LogP contribution in [0.2, 0.25) is 0 Å². The van der Waals surface area contributed by atoms with E-state index in [9.17, 15) is 44.0 Å². The van der Waals surface area contributed by atoms with Gasteiger partial charge in [-0.1, -0.05) is 84.0 Å². The number of terminal acetylenes is 1. The van der Waals surface area contributed by atoms with Crippen molar-refractivity contribution in [3.8, 4) is 95.2 Å². The molecule has 1 rings (SSSR count). The van der Waals surface area contributed by atoms with Gasteiger partial charge in [-0.15, -0.1) is 6.42 Å². The van der Waals surface area contributed by atoms with Gasteiger partial charge >= 0.3 is 27.6 Å². The average molecular weight is 937 g/mol. The van der Waals surface area contributed by atoms with Crippen molar-refractivity contribution in [3.05, 3.63) is 0 Å². The number of hydrogen-bond acceptors (Lipinski definition) is 13. The van der Waals surface area contributed by atoms with Crippen LogP contribution in [-0.4, -0.2) is 103 Å². The van der Waals surface area contributed by atoms with E-state index < -0.39 is 83.5 Å². The van der Waals surface area contributed by atoms with Crippen LogP contribution in [0.25, 0.3) is 0 Å². The molecule has 362 valence electrons. The highest BCUT2D eigenvalue weighted by molar-refractivity contribution is 7.59. The highest BCUT2D eigenvalue weighted by Crippen LogP contribution is 2.49. The summed E-state index contributed by atoms with van der Waals surface area (Å²) in [7, 11) is -10.8. The Labute approximate surface area is 387 Å². The molecule has 0 aromatic rings. The first kappa shape index (κ1) is 56.8. The molecule has 0 saturated heterocycles. The number of hydrogen-bond donors (Lipinski definition) is 7. The lowest BCUT2D eigenvalue weighted by molar-refractivity contribution is -0.216. The zero-order valence-corrected chi connectivity index (χ0v) is 36.4. The molecule has 4 unspecified atom stereocenters. The molecule has 0 aliphatic heterocycles. The second kappa shape index (κ2) is 33.5. The van der Waals surface area contributed by atoms with E-state index in [1.807, 2.05) is 5.92 Å². The Morgan fingerprint density at radius 3 is 1.49 bits per heavy atom. The third-order valence-corrected chi connectivity index (χ3v) is 9.66. The summed E-state index contributed by atoms with van der Waals surface area (Å²) in [5, 5.41) is 41.0. The number of unbranched alkanes of at least 4 members (excludes halogenated alkanes) is 12. The van der Waals surface area contributed by atoms with Crippen molar-refractivity contribution in [2.75, 3.05) is 13.2 Å². The minimum absolute atomic E-state index is 0. The molecule has 0 bridgehead atoms. The topological polar surface area (TPSA) is 256 Å². The predicted octanol–water partition coefficient (Wildman–Crippen LogP) is 5.82. The van der Waals surface area contributed by atoms with Crippen LogP contribution in [0, 0.1) is 95.2 Å². The summed E-state index contributed by atoms with van der Waals surface area (Å²) < 4.78 is 48.5. The molecule has 61 heavy (non-hydrogen) atoms. The van der Waals surface area contributed by atoms with Crippen molar-refractivity contribution in [3.63, 3.8) is 0 Å². The van der Waals surface area contributed by atoms with Gasteiger partial charge in [0.25, 0.3) is 0 Å². The highest BCUT2D eigenvalue weighted by Gasteiger charge is 2.54. The summed E-state index contributed by atoms with van der Waals surface area (Å²) in [6.07, 6.45) is 3.74. The number of rotatable bonds is 24. The first-order valence-electron chi connectivity index (χ1n) is 19.1. The lowest BCUT2D eigenvalue weighted by Crippen LogP contribution is -2.64. The fraction of sp³-hybridized carbons (Fsp3) is 0.571. The molecule has 0 aromatic heterocycles. The molecule has 0 radical (unpaired) electrons. The SMILES string of the molecule is C#CC#CC#CC#CC#CC#CC#CC#CC(=O)OC[C@H](COP(=O)(O)OC1C(O)[C@H](OP(=O)(O)O)[C@H](O)C(O)[C@@H]1O)OC(=O)CCCCCCCCCCCCCCC.S.[HH].[HH].[HH].[HH].[HH].[HH].[HH].[HH].[HH].[HH].[HH].[HH].[HH].[HH].[HH]. The summed E-state index contributed by atoms with van der Waals surface area (Å²) in [6, 6.07) is 0. The maximum atomic E-state index is 12.9. The van der Waals surface area contributed by atoms with Gasteiger partial charge in [0.15, 0.2) is 6.10 Å². The van der Waals surface area contributed by atoms with Crippen LogP contribution in [0.4, 0.5) is 0 Å². The Morgan fingerprint density at radius 2 is 1.03 bits per heavy atom. The minimum Gasteiger partial charge on any atom is -0.456 e. The lowest BCUT2D eigenvalue weighted by atomic mass is 9.85. The summed E-state index contributed by atoms with van der Waals surface area (Å²) in [5.74, 6) is 32.8. The molecule has 0 heterocycles. The first-order chi connectivity index (χ1) is 28.6. The molecule has 0 spiro atoms. The van der Waals surface area contributed by atoms with Crippen molar-refractivity contribution in [1.29, 1.82) is 0 Å². The van der Waals surface area contributed by atoms with Crippen LogP contribution in [0.1, 0.15) is 118 Å². The van der Waals surface area contributed by atoms with Crippen molar-refractivity contribution in [2.24, 2.45) is 0 Å². The number of carbonyl (C=O) groups excluding carboxylic acids is 2. The van der Waals surface area contributed by atoms with Gasteiger partial charge in [0.05, 0.1) is 6.61 Å². The maximum absolute atomic E-state index is 12.9. The van der Waals surface area contributed by atoms with Gasteiger partial charge in [-0.3, -0.25) is 18.4 Å². The molecule has 19 heteroatoms. The quantitative estimate of drug-likeness (QED) is 0.0198. The Bertz CT molecular complexity index is 2040. The number of aliphatic hydroxyl groups is 4. The summed E-state index contributed by atoms with van der Waals surface area (Å²) in [4.78, 5) is 53.6. The molecule has 8 atom stereocenters. The van der Waals surface area contributed by atoms with Gasteiger partial charge in [-0.05, 0) is 89.3 Å². The largest absolute Gasteiger partial charge is 0.472 e. The smallest absolute Gasteiger partial charge is 0.456 e. The van der Waals surface area contributed by atoms with E-state index in [1.54, 1.807) is 0 Å². The normalized spacial score (nSPS) is 20.0. The standard InChI is InChI=1S/C42H50O16P2.H2S.15H2/c1-3-5-7-9-11-13-15-17-19-20-22-24-26-28-30-35(43)54-32-34(56-36(44)31-29-27-25-23-21-18-16-14-12-10-8-6-4-2)33-55-60(52,53)58-42-39(47)37(45)38(46)41(40(42)48)57-59(49,50)51;;;;;;;;;;;;;;;;/h1,34,37-42,45-48H,4,6,8,10,12,14,16,18,21,23,25,27,29,31-33H2,2H3,(H,52,53)(H2,49,50,51);1H2;15*1H/t34-,37?,38-,39+,40?,41-,42?;;;;;;;;;;;;;;;;/m1................/s1. The molecule has 7 N–H and O–H groups in total. The molecular formula is C42H82O16P2S. The summed E-state index contributed by atoms with van der Waals surface area (Å²) in [5.41, 5.74) is 0. The number of carbonyl (C=O) groups is 2. The lowest BCUT2D eigenvalue weighted by Gasteiger charge is -2.43. The van der Waals surface area contributed by atoms with Gasteiger partial charge in [0.1, 0.15) is 43.2 Å². The van der Waals surface area contributed by atoms with Gasteiger partial charge in [0.2, 0.25) is 0 Å². The fourth-order valence-corrected chi connectivity index (χ4v) is 6.81. The average Bonchev–Trinajstić information content (AvgIpc) is 3.20. The van der Waals surface area contributed by atoms with Crippen LogP contribution in [-0.2, 0) is 41.8 Å². The second-order valence-electron chi connectivity index (χ2n) is 13.0. The molecular weight excluding hydrogens is 854 g/mol. The molecule has 1 aliphatic rings. The van der Waals surface area contributed by atoms with Crippen LogP contribution in [0.3, 0.4) is 0 Å². The molecule has 1 fully saturated rings. The van der Waals surface area contributed by atoms with E-state index >= 15 is 0 Å². The first-order valence-corrected chi connectivity index (χ1v) is 22.1. The van der Waals surface area contributed by atoms with E-state index in [-0.39, 0.29) is 41.3 Å². The third-order valence-electron chi connectivity index (χ3n) is 8.15. The van der Waals surface area contributed by atoms with Gasteiger partial charge in [-0.2, -0.15) is 13.5 Å². The van der Waals surface area contributed by atoms with Crippen LogP contribution < -0.4 is 0 Å². The molecule has 0 amide bonds. The predicted molar refractivity (Wildman–Crippen MR) is 258 cm³/mol. The number of ether oxygens (including phenoxy) is 2. The Morgan fingerprint density at radius 1 is 0.607 bits per heavy atom. The summed E-state index contributed by atoms with van der Waals surface area (Å²) >= 11 is 0. The minimum atomic E-state index is -5.40. The van der Waals surface area contributed by atoms with Crippen LogP contribution in [0.15, 0.2) is 0 Å². The Kier molecular flexibility index (Phi) is 31.2. The molecule has 1 aliphatic carbocycles. The molecule has 0 aromatic carbocycles. The van der Waals surface area contributed by atoms with Gasteiger partial charge in [-0.25, -0.2) is 13.9 Å². The Hall–Kier alpha value is -4.17. The van der Waals surface area contributed by atoms with E-state index in [0.717, 1.165) is 32.1 Å². The van der Waals surface area contributed by atoms with Crippen molar-refractivity contribution >= 4 is 41.1 Å². The Balaban J connectivity index is -0.000000161. The number of phosphoric acid groups is 2. The van der Waals surface area contributed by atoms with E-state index in [0.29, 0.717) is 6.42 Å². The number of esters is 2. The monoisotopic (exact) mass is 936 g/mol. The maximum Gasteiger partial charge on any atom is 0.472 e. The summed E-state index contributed by atoms with van der Waals surface area (Å²) in [6.45, 7) is 0.497. The van der Waals surface area contributed by atoms with E-state index in [1.165, 1.54) is 44.9 Å². The second-order valence-corrected chi connectivity index (χ2v) is 15.6. The highest BCUT2D eigenvalue weighted by atomic mass is 32.1. The van der Waals surface area contributed by atoms with Gasteiger partial charge < -0.3 is 44.6 Å². The van der Waals surface area contributed by atoms with Crippen molar-refractivity contribution in [2.45, 2.75) is 140 Å². The zero-order valence-electron chi connectivity index (χ0n) is 33.6. The van der Waals surface area contributed by atoms with E-state index in [2.05, 4.69) is 94.3 Å². The fourth-order valence-electron chi connectivity index (χ4n) is 5.27. The molecule has 16 nitrogen and oxygen atoms in total. The number of aliphatic hydroxyl groups excluding tert-OH is 4. The third kappa shape index (κ3) is 28.1. The zero-order chi connectivity index (χ0) is 44.7. The van der Waals surface area contributed by atoms with Crippen molar-refractivity contribution in [1.82, 2.24) is 0 Å². The molecule has 1 saturated carbocycles. The van der Waals surface area contributed by atoms with E-state index in [4.69, 9.17) is 34.7 Å². The van der Waals surface area contributed by atoms with Crippen molar-refractivity contribution < 1.29 is 98.3 Å². The van der Waals surface area contributed by atoms with Gasteiger partial charge in [0, 0.05) is 33.7 Å².